The van der Waals surface area contributed by atoms with Gasteiger partial charge < -0.3 is 5.11 Å². The van der Waals surface area contributed by atoms with Gasteiger partial charge in [0.1, 0.15) is 5.75 Å². The van der Waals surface area contributed by atoms with Crippen molar-refractivity contribution in [1.29, 1.82) is 0 Å². The Morgan fingerprint density at radius 1 is 0.366 bits per heavy atom. The quantitative estimate of drug-likeness (QED) is 0.0833. The molecule has 0 aliphatic heterocycles. The van der Waals surface area contributed by atoms with Crippen molar-refractivity contribution >= 4 is 0 Å². The standard InChI is InChI=1S/C40H74O/c1-2-3-4-5-6-7-8-9-10-11-12-13-14-15-16-17-18-19-20-21-22-23-24-25-26-27-28-29-30-31-32-33-35-39-36-34-37-40(41)38-39/h34,36-38,41H,2-33,35H2,1H3. The van der Waals surface area contributed by atoms with Crippen LogP contribution in [0, 0.1) is 0 Å². The average Bonchev–Trinajstić information content (AvgIpc) is 2.98. The van der Waals surface area contributed by atoms with E-state index in [2.05, 4.69) is 13.0 Å². The maximum absolute atomic E-state index is 9.53. The molecule has 1 nitrogen and oxygen atoms in total. The fraction of sp³-hybridized carbons (Fsp3) is 0.850. The second kappa shape index (κ2) is 31.9. The van der Waals surface area contributed by atoms with E-state index in [1.54, 1.807) is 6.07 Å². The maximum Gasteiger partial charge on any atom is 0.115 e. The molecular formula is C40H74O. The number of phenols is 1. The molecule has 0 atom stereocenters. The summed E-state index contributed by atoms with van der Waals surface area (Å²) >= 11 is 0. The number of benzene rings is 1. The first-order valence-electron chi connectivity index (χ1n) is 19.1. The van der Waals surface area contributed by atoms with Gasteiger partial charge in [-0.2, -0.15) is 0 Å². The second-order valence-electron chi connectivity index (χ2n) is 13.4. The van der Waals surface area contributed by atoms with Gasteiger partial charge in [0.25, 0.3) is 0 Å². The number of aryl methyl sites for hydroxylation is 1. The minimum absolute atomic E-state index is 0.401. The van der Waals surface area contributed by atoms with Crippen molar-refractivity contribution in [3.63, 3.8) is 0 Å². The third-order valence-electron chi connectivity index (χ3n) is 9.23. The molecule has 0 bridgehead atoms. The Kier molecular flexibility index (Phi) is 29.6. The van der Waals surface area contributed by atoms with Gasteiger partial charge in [-0.3, -0.25) is 0 Å². The Balaban J connectivity index is 1.63. The zero-order valence-electron chi connectivity index (χ0n) is 28.1. The summed E-state index contributed by atoms with van der Waals surface area (Å²) in [5.74, 6) is 0.401. The van der Waals surface area contributed by atoms with Crippen LogP contribution < -0.4 is 0 Å². The summed E-state index contributed by atoms with van der Waals surface area (Å²) in [7, 11) is 0. The van der Waals surface area contributed by atoms with Crippen molar-refractivity contribution in [2.45, 2.75) is 219 Å². The Labute approximate surface area is 259 Å². The van der Waals surface area contributed by atoms with Crippen LogP contribution in [0.2, 0.25) is 0 Å². The van der Waals surface area contributed by atoms with Crippen LogP contribution in [-0.4, -0.2) is 5.11 Å². The molecule has 1 heteroatoms. The highest BCUT2D eigenvalue weighted by molar-refractivity contribution is 5.27. The summed E-state index contributed by atoms with van der Waals surface area (Å²) < 4.78 is 0. The third-order valence-corrected chi connectivity index (χ3v) is 9.23. The molecule has 0 aliphatic rings. The van der Waals surface area contributed by atoms with Crippen LogP contribution >= 0.6 is 0 Å². The first-order valence-corrected chi connectivity index (χ1v) is 19.1. The molecule has 41 heavy (non-hydrogen) atoms. The Morgan fingerprint density at radius 2 is 0.634 bits per heavy atom. The van der Waals surface area contributed by atoms with Crippen LogP contribution in [0.4, 0.5) is 0 Å². The van der Waals surface area contributed by atoms with E-state index in [4.69, 9.17) is 0 Å². The zero-order chi connectivity index (χ0) is 29.3. The molecule has 1 aromatic rings. The molecule has 0 aliphatic carbocycles. The van der Waals surface area contributed by atoms with Crippen LogP contribution in [0.1, 0.15) is 218 Å². The number of phenolic OH excluding ortho intramolecular Hbond substituents is 1. The first kappa shape index (κ1) is 38.0. The Morgan fingerprint density at radius 3 is 0.902 bits per heavy atom. The fourth-order valence-corrected chi connectivity index (χ4v) is 6.42. The average molecular weight is 571 g/mol. The number of hydrogen-bond donors (Lipinski definition) is 1. The van der Waals surface area contributed by atoms with Gasteiger partial charge in [-0.1, -0.05) is 218 Å². The van der Waals surface area contributed by atoms with E-state index >= 15 is 0 Å². The van der Waals surface area contributed by atoms with E-state index in [0.717, 1.165) is 6.42 Å². The molecule has 0 fully saturated rings. The first-order chi connectivity index (χ1) is 20.3. The number of aromatic hydroxyl groups is 1. The lowest BCUT2D eigenvalue weighted by atomic mass is 10.0. The van der Waals surface area contributed by atoms with E-state index in [0.29, 0.717) is 5.75 Å². The van der Waals surface area contributed by atoms with Crippen molar-refractivity contribution < 1.29 is 5.11 Å². The summed E-state index contributed by atoms with van der Waals surface area (Å²) in [6.45, 7) is 2.31. The molecule has 1 N–H and O–H groups in total. The summed E-state index contributed by atoms with van der Waals surface area (Å²) in [5, 5.41) is 9.53. The van der Waals surface area contributed by atoms with Crippen LogP contribution in [0.5, 0.6) is 5.75 Å². The zero-order valence-corrected chi connectivity index (χ0v) is 28.1. The summed E-state index contributed by atoms with van der Waals surface area (Å²) in [5.41, 5.74) is 1.27. The lowest BCUT2D eigenvalue weighted by molar-refractivity contribution is 0.474. The van der Waals surface area contributed by atoms with Gasteiger partial charge in [-0.15, -0.1) is 0 Å². The minimum atomic E-state index is 0.401. The van der Waals surface area contributed by atoms with E-state index in [9.17, 15) is 5.11 Å². The normalized spacial score (nSPS) is 11.4. The minimum Gasteiger partial charge on any atom is -0.508 e. The molecule has 1 rings (SSSR count). The molecule has 0 saturated carbocycles. The van der Waals surface area contributed by atoms with E-state index in [-0.39, 0.29) is 0 Å². The van der Waals surface area contributed by atoms with Crippen LogP contribution in [0.25, 0.3) is 0 Å². The van der Waals surface area contributed by atoms with Crippen LogP contribution in [0.15, 0.2) is 24.3 Å². The highest BCUT2D eigenvalue weighted by atomic mass is 16.3. The SMILES string of the molecule is CCCCCCCCCCCCCCCCCCCCCCCCCCCCCCCCCCc1cccc(O)c1. The van der Waals surface area contributed by atoms with E-state index in [1.165, 1.54) is 211 Å². The van der Waals surface area contributed by atoms with Gasteiger partial charge in [0, 0.05) is 0 Å². The fourth-order valence-electron chi connectivity index (χ4n) is 6.42. The maximum atomic E-state index is 9.53. The van der Waals surface area contributed by atoms with Crippen molar-refractivity contribution in [2.24, 2.45) is 0 Å². The van der Waals surface area contributed by atoms with Gasteiger partial charge in [0.2, 0.25) is 0 Å². The van der Waals surface area contributed by atoms with Gasteiger partial charge in [-0.05, 0) is 30.5 Å². The number of rotatable bonds is 33. The Bertz CT molecular complexity index is 623. The summed E-state index contributed by atoms with van der Waals surface area (Å²) in [6.07, 6.45) is 47.6. The predicted octanol–water partition coefficient (Wildman–Crippen LogP) is 14.4. The van der Waals surface area contributed by atoms with E-state index in [1.807, 2.05) is 12.1 Å². The molecule has 1 aromatic carbocycles. The van der Waals surface area contributed by atoms with Gasteiger partial charge >= 0.3 is 0 Å². The van der Waals surface area contributed by atoms with Crippen molar-refractivity contribution in [2.75, 3.05) is 0 Å². The smallest absolute Gasteiger partial charge is 0.115 e. The summed E-state index contributed by atoms with van der Waals surface area (Å²) in [6, 6.07) is 7.74. The van der Waals surface area contributed by atoms with E-state index < -0.39 is 0 Å². The van der Waals surface area contributed by atoms with Gasteiger partial charge in [-0.25, -0.2) is 0 Å². The Hall–Kier alpha value is -0.980. The predicted molar refractivity (Wildman–Crippen MR) is 185 cm³/mol. The molecule has 0 unspecified atom stereocenters. The second-order valence-corrected chi connectivity index (χ2v) is 13.4. The van der Waals surface area contributed by atoms with Crippen LogP contribution in [0.3, 0.4) is 0 Å². The number of unbranched alkanes of at least 4 members (excludes halogenated alkanes) is 31. The molecule has 240 valence electrons. The largest absolute Gasteiger partial charge is 0.508 e. The highest BCUT2D eigenvalue weighted by Gasteiger charge is 1.98. The molecular weight excluding hydrogens is 496 g/mol. The molecule has 0 spiro atoms. The van der Waals surface area contributed by atoms with Gasteiger partial charge in [0.15, 0.2) is 0 Å². The summed E-state index contributed by atoms with van der Waals surface area (Å²) in [4.78, 5) is 0. The number of hydrogen-bond acceptors (Lipinski definition) is 1. The molecule has 0 radical (unpaired) electrons. The molecule has 0 aromatic heterocycles. The van der Waals surface area contributed by atoms with Crippen molar-refractivity contribution in [3.8, 4) is 5.75 Å². The monoisotopic (exact) mass is 571 g/mol. The lowest BCUT2D eigenvalue weighted by Gasteiger charge is -2.05. The molecule has 0 saturated heterocycles. The van der Waals surface area contributed by atoms with Crippen LogP contribution in [-0.2, 0) is 6.42 Å². The topological polar surface area (TPSA) is 20.2 Å². The molecule has 0 amide bonds. The van der Waals surface area contributed by atoms with Crippen molar-refractivity contribution in [1.82, 2.24) is 0 Å². The van der Waals surface area contributed by atoms with Crippen molar-refractivity contribution in [3.05, 3.63) is 29.8 Å². The lowest BCUT2D eigenvalue weighted by Crippen LogP contribution is -1.86. The highest BCUT2D eigenvalue weighted by Crippen LogP contribution is 2.18. The molecule has 0 heterocycles. The van der Waals surface area contributed by atoms with Gasteiger partial charge in [0.05, 0.1) is 0 Å². The third kappa shape index (κ3) is 28.9.